The standard InChI is InChI=1S/C14H10ClF2N3O/c1-21-7-2-3-9(16)12(4-7)20-13-6-10(17)8(15)5-11(13)19-14(20)18/h2-6H,1H3,(H2,18,19). The molecule has 1 heterocycles. The van der Waals surface area contributed by atoms with Crippen molar-refractivity contribution in [3.8, 4) is 11.4 Å². The van der Waals surface area contributed by atoms with E-state index in [0.717, 1.165) is 0 Å². The number of ether oxygens (including phenoxy) is 1. The average Bonchev–Trinajstić information content (AvgIpc) is 2.75. The molecule has 0 atom stereocenters. The van der Waals surface area contributed by atoms with E-state index in [9.17, 15) is 8.78 Å². The van der Waals surface area contributed by atoms with Gasteiger partial charge < -0.3 is 10.5 Å². The minimum absolute atomic E-state index is 0.0267. The van der Waals surface area contributed by atoms with E-state index in [1.54, 1.807) is 0 Å². The molecule has 0 fully saturated rings. The zero-order chi connectivity index (χ0) is 15.1. The van der Waals surface area contributed by atoms with Crippen LogP contribution >= 0.6 is 11.6 Å². The molecule has 0 radical (unpaired) electrons. The van der Waals surface area contributed by atoms with Crippen LogP contribution < -0.4 is 10.5 Å². The molecule has 0 saturated heterocycles. The van der Waals surface area contributed by atoms with Crippen LogP contribution in [0.3, 0.4) is 0 Å². The molecule has 21 heavy (non-hydrogen) atoms. The average molecular weight is 310 g/mol. The Kier molecular flexibility index (Phi) is 3.17. The van der Waals surface area contributed by atoms with Crippen LogP contribution in [0.15, 0.2) is 30.3 Å². The topological polar surface area (TPSA) is 53.1 Å². The smallest absolute Gasteiger partial charge is 0.206 e. The third kappa shape index (κ3) is 2.17. The van der Waals surface area contributed by atoms with E-state index in [-0.39, 0.29) is 16.7 Å². The molecule has 3 rings (SSSR count). The van der Waals surface area contributed by atoms with Gasteiger partial charge in [0.05, 0.1) is 28.9 Å². The van der Waals surface area contributed by atoms with Crippen molar-refractivity contribution in [2.24, 2.45) is 0 Å². The van der Waals surface area contributed by atoms with Crippen molar-refractivity contribution in [3.63, 3.8) is 0 Å². The van der Waals surface area contributed by atoms with Gasteiger partial charge in [-0.15, -0.1) is 0 Å². The van der Waals surface area contributed by atoms with Gasteiger partial charge in [-0.25, -0.2) is 13.8 Å². The van der Waals surface area contributed by atoms with Gasteiger partial charge in [0.15, 0.2) is 0 Å². The molecule has 2 aromatic carbocycles. The zero-order valence-corrected chi connectivity index (χ0v) is 11.7. The summed E-state index contributed by atoms with van der Waals surface area (Å²) in [6, 6.07) is 6.69. The van der Waals surface area contributed by atoms with E-state index in [1.807, 2.05) is 0 Å². The number of benzene rings is 2. The Morgan fingerprint density at radius 1 is 1.19 bits per heavy atom. The van der Waals surface area contributed by atoms with Crippen molar-refractivity contribution in [1.29, 1.82) is 0 Å². The lowest BCUT2D eigenvalue weighted by atomic mass is 10.2. The highest BCUT2D eigenvalue weighted by molar-refractivity contribution is 6.31. The van der Waals surface area contributed by atoms with Crippen LogP contribution in [0, 0.1) is 11.6 Å². The number of nitrogen functional groups attached to an aromatic ring is 1. The van der Waals surface area contributed by atoms with Crippen LogP contribution in [-0.2, 0) is 0 Å². The van der Waals surface area contributed by atoms with Crippen molar-refractivity contribution in [2.75, 3.05) is 12.8 Å². The van der Waals surface area contributed by atoms with Crippen molar-refractivity contribution in [3.05, 3.63) is 47.0 Å². The van der Waals surface area contributed by atoms with Crippen molar-refractivity contribution in [2.45, 2.75) is 0 Å². The van der Waals surface area contributed by atoms with Crippen LogP contribution in [0.1, 0.15) is 0 Å². The molecular formula is C14H10ClF2N3O. The number of nitrogens with two attached hydrogens (primary N) is 1. The fourth-order valence-corrected chi connectivity index (χ4v) is 2.29. The van der Waals surface area contributed by atoms with Gasteiger partial charge >= 0.3 is 0 Å². The zero-order valence-electron chi connectivity index (χ0n) is 10.9. The quantitative estimate of drug-likeness (QED) is 0.787. The molecule has 0 spiro atoms. The van der Waals surface area contributed by atoms with Gasteiger partial charge in [0, 0.05) is 12.1 Å². The molecule has 108 valence electrons. The fourth-order valence-electron chi connectivity index (χ4n) is 2.14. The van der Waals surface area contributed by atoms with Gasteiger partial charge in [0.2, 0.25) is 5.95 Å². The summed E-state index contributed by atoms with van der Waals surface area (Å²) in [5.74, 6) is -0.688. The molecule has 0 aliphatic carbocycles. The molecule has 0 saturated carbocycles. The van der Waals surface area contributed by atoms with Crippen LogP contribution in [0.4, 0.5) is 14.7 Å². The molecule has 7 heteroatoms. The SMILES string of the molecule is COc1ccc(F)c(-n2c(N)nc3cc(Cl)c(F)cc32)c1. The Labute approximate surface area is 123 Å². The summed E-state index contributed by atoms with van der Waals surface area (Å²) in [5, 5.41) is -0.0711. The normalized spacial score (nSPS) is 11.0. The molecular weight excluding hydrogens is 300 g/mol. The highest BCUT2D eigenvalue weighted by atomic mass is 35.5. The summed E-state index contributed by atoms with van der Waals surface area (Å²) in [6.07, 6.45) is 0. The maximum atomic E-state index is 14.1. The Balaban J connectivity index is 2.34. The molecule has 2 N–H and O–H groups in total. The number of hydrogen-bond acceptors (Lipinski definition) is 3. The number of fused-ring (bicyclic) bond motifs is 1. The minimum Gasteiger partial charge on any atom is -0.497 e. The molecule has 0 bridgehead atoms. The number of imidazole rings is 1. The van der Waals surface area contributed by atoms with E-state index >= 15 is 0 Å². The Bertz CT molecular complexity index is 848. The van der Waals surface area contributed by atoms with Gasteiger partial charge in [-0.2, -0.15) is 0 Å². The van der Waals surface area contributed by atoms with Crippen molar-refractivity contribution >= 4 is 28.6 Å². The minimum atomic E-state index is -0.631. The van der Waals surface area contributed by atoms with E-state index < -0.39 is 11.6 Å². The number of anilines is 1. The van der Waals surface area contributed by atoms with Crippen molar-refractivity contribution < 1.29 is 13.5 Å². The first kappa shape index (κ1) is 13.6. The van der Waals surface area contributed by atoms with Crippen molar-refractivity contribution in [1.82, 2.24) is 9.55 Å². The molecule has 3 aromatic rings. The number of aromatic nitrogens is 2. The molecule has 1 aromatic heterocycles. The lowest BCUT2D eigenvalue weighted by Gasteiger charge is -2.10. The summed E-state index contributed by atoms with van der Waals surface area (Å²) in [6.45, 7) is 0. The van der Waals surface area contributed by atoms with Gasteiger partial charge in [0.25, 0.3) is 0 Å². The first-order valence-corrected chi connectivity index (χ1v) is 6.36. The second-order valence-electron chi connectivity index (χ2n) is 4.38. The molecule has 0 amide bonds. The predicted octanol–water partition coefficient (Wildman–Crippen LogP) is 3.55. The summed E-state index contributed by atoms with van der Waals surface area (Å²) in [5.41, 5.74) is 6.64. The largest absolute Gasteiger partial charge is 0.497 e. The van der Waals surface area contributed by atoms with Crippen LogP contribution in [0.2, 0.25) is 5.02 Å². The number of hydrogen-bond donors (Lipinski definition) is 1. The van der Waals surface area contributed by atoms with E-state index in [4.69, 9.17) is 22.1 Å². The fraction of sp³-hybridized carbons (Fsp3) is 0.0714. The summed E-state index contributed by atoms with van der Waals surface area (Å²) < 4.78 is 34.1. The highest BCUT2D eigenvalue weighted by Gasteiger charge is 2.16. The summed E-state index contributed by atoms with van der Waals surface area (Å²) in [7, 11) is 1.46. The second kappa shape index (κ2) is 4.89. The highest BCUT2D eigenvalue weighted by Crippen LogP contribution is 2.30. The summed E-state index contributed by atoms with van der Waals surface area (Å²) in [4.78, 5) is 4.07. The maximum absolute atomic E-state index is 14.1. The molecule has 0 aliphatic heterocycles. The first-order chi connectivity index (χ1) is 10.0. The van der Waals surface area contributed by atoms with Gasteiger partial charge in [-0.05, 0) is 18.2 Å². The Hall–Kier alpha value is -2.34. The summed E-state index contributed by atoms with van der Waals surface area (Å²) >= 11 is 5.72. The number of rotatable bonds is 2. The lowest BCUT2D eigenvalue weighted by Crippen LogP contribution is -2.03. The van der Waals surface area contributed by atoms with E-state index in [0.29, 0.717) is 16.8 Å². The maximum Gasteiger partial charge on any atom is 0.206 e. The monoisotopic (exact) mass is 309 g/mol. The van der Waals surface area contributed by atoms with E-state index in [1.165, 1.54) is 42.0 Å². The number of nitrogens with zero attached hydrogens (tertiary/aromatic N) is 2. The number of methoxy groups -OCH3 is 1. The van der Waals surface area contributed by atoms with E-state index in [2.05, 4.69) is 4.98 Å². The third-order valence-corrected chi connectivity index (χ3v) is 3.41. The predicted molar refractivity (Wildman–Crippen MR) is 77.0 cm³/mol. The number of halogens is 3. The third-order valence-electron chi connectivity index (χ3n) is 3.12. The molecule has 0 aliphatic rings. The Morgan fingerprint density at radius 3 is 2.67 bits per heavy atom. The molecule has 0 unspecified atom stereocenters. The van der Waals surface area contributed by atoms with Gasteiger partial charge in [0.1, 0.15) is 17.4 Å². The lowest BCUT2D eigenvalue weighted by molar-refractivity contribution is 0.413. The molecule has 4 nitrogen and oxygen atoms in total. The van der Waals surface area contributed by atoms with Crippen LogP contribution in [-0.4, -0.2) is 16.7 Å². The van der Waals surface area contributed by atoms with Gasteiger partial charge in [-0.1, -0.05) is 11.6 Å². The van der Waals surface area contributed by atoms with Crippen LogP contribution in [0.25, 0.3) is 16.7 Å². The Morgan fingerprint density at radius 2 is 1.95 bits per heavy atom. The first-order valence-electron chi connectivity index (χ1n) is 5.98. The second-order valence-corrected chi connectivity index (χ2v) is 4.78. The van der Waals surface area contributed by atoms with Crippen LogP contribution in [0.5, 0.6) is 5.75 Å². The van der Waals surface area contributed by atoms with Gasteiger partial charge in [-0.3, -0.25) is 4.57 Å².